The zero-order valence-electron chi connectivity index (χ0n) is 12.4. The maximum Gasteiger partial charge on any atom is 0.0449 e. The van der Waals surface area contributed by atoms with Gasteiger partial charge in [0.1, 0.15) is 0 Å². The third-order valence-corrected chi connectivity index (χ3v) is 4.20. The van der Waals surface area contributed by atoms with Crippen LogP contribution in [0.2, 0.25) is 0 Å². The predicted octanol–water partition coefficient (Wildman–Crippen LogP) is 3.60. The number of hydrogen-bond donors (Lipinski definition) is 1. The van der Waals surface area contributed by atoms with Gasteiger partial charge in [-0.3, -0.25) is 4.90 Å². The van der Waals surface area contributed by atoms with Crippen LogP contribution >= 0.6 is 0 Å². The summed E-state index contributed by atoms with van der Waals surface area (Å²) in [5.41, 5.74) is 1.42. The second-order valence-corrected chi connectivity index (χ2v) is 5.76. The van der Waals surface area contributed by atoms with Crippen LogP contribution in [0.1, 0.15) is 51.1 Å². The van der Waals surface area contributed by atoms with Crippen LogP contribution in [-0.4, -0.2) is 30.6 Å². The van der Waals surface area contributed by atoms with Gasteiger partial charge in [0.15, 0.2) is 0 Å². The Bertz CT molecular complexity index is 350. The normalized spacial score (nSPS) is 22.3. The number of benzene rings is 1. The molecule has 1 aliphatic heterocycles. The van der Waals surface area contributed by atoms with E-state index in [0.29, 0.717) is 6.04 Å². The molecule has 1 aromatic rings. The highest BCUT2D eigenvalue weighted by Crippen LogP contribution is 2.21. The molecular formula is C17H28N2. The number of nitrogens with one attached hydrogen (secondary N) is 1. The van der Waals surface area contributed by atoms with Crippen molar-refractivity contribution in [1.82, 2.24) is 10.2 Å². The zero-order chi connectivity index (χ0) is 13.5. The quantitative estimate of drug-likeness (QED) is 0.840. The summed E-state index contributed by atoms with van der Waals surface area (Å²) in [5.74, 6) is 0. The van der Waals surface area contributed by atoms with Gasteiger partial charge in [-0.2, -0.15) is 0 Å². The molecule has 0 bridgehead atoms. The molecule has 0 aliphatic carbocycles. The molecule has 1 fully saturated rings. The van der Waals surface area contributed by atoms with Crippen LogP contribution in [0.15, 0.2) is 30.3 Å². The lowest BCUT2D eigenvalue weighted by molar-refractivity contribution is 0.144. The lowest BCUT2D eigenvalue weighted by atomic mass is 10.0. The van der Waals surface area contributed by atoms with Crippen molar-refractivity contribution in [2.24, 2.45) is 0 Å². The van der Waals surface area contributed by atoms with E-state index < -0.39 is 0 Å². The molecule has 1 N–H and O–H groups in total. The Balaban J connectivity index is 2.01. The minimum Gasteiger partial charge on any atom is -0.309 e. The van der Waals surface area contributed by atoms with Crippen molar-refractivity contribution in [2.45, 2.75) is 51.6 Å². The highest BCUT2D eigenvalue weighted by molar-refractivity contribution is 5.19. The van der Waals surface area contributed by atoms with Gasteiger partial charge in [0.2, 0.25) is 0 Å². The molecule has 0 aromatic heterocycles. The second-order valence-electron chi connectivity index (χ2n) is 5.76. The Kier molecular flexibility index (Phi) is 5.87. The molecule has 2 nitrogen and oxygen atoms in total. The lowest BCUT2D eigenvalue weighted by Crippen LogP contribution is -2.43. The molecule has 0 saturated carbocycles. The summed E-state index contributed by atoms with van der Waals surface area (Å²) in [6.45, 7) is 8.12. The Morgan fingerprint density at radius 3 is 2.74 bits per heavy atom. The molecule has 1 aliphatic rings. The smallest absolute Gasteiger partial charge is 0.0449 e. The van der Waals surface area contributed by atoms with E-state index >= 15 is 0 Å². The summed E-state index contributed by atoms with van der Waals surface area (Å²) in [4.78, 5) is 2.66. The average molecular weight is 260 g/mol. The highest BCUT2D eigenvalue weighted by Gasteiger charge is 2.22. The van der Waals surface area contributed by atoms with E-state index in [4.69, 9.17) is 0 Å². The van der Waals surface area contributed by atoms with E-state index in [9.17, 15) is 0 Å². The zero-order valence-corrected chi connectivity index (χ0v) is 12.4. The minimum atomic E-state index is 0.474. The molecule has 1 saturated heterocycles. The largest absolute Gasteiger partial charge is 0.309 e. The first-order valence-electron chi connectivity index (χ1n) is 7.83. The van der Waals surface area contributed by atoms with Gasteiger partial charge in [-0.05, 0) is 44.8 Å². The fourth-order valence-electron chi connectivity index (χ4n) is 2.96. The summed E-state index contributed by atoms with van der Waals surface area (Å²) in [5, 5.41) is 3.71. The molecule has 2 atom stereocenters. The molecule has 19 heavy (non-hydrogen) atoms. The monoisotopic (exact) mass is 260 g/mol. The summed E-state index contributed by atoms with van der Waals surface area (Å²) >= 11 is 0. The van der Waals surface area contributed by atoms with Crippen molar-refractivity contribution in [3.05, 3.63) is 35.9 Å². The minimum absolute atomic E-state index is 0.474. The van der Waals surface area contributed by atoms with Crippen LogP contribution in [-0.2, 0) is 0 Å². The molecule has 2 heteroatoms. The Labute approximate surface area is 118 Å². The van der Waals surface area contributed by atoms with Crippen LogP contribution in [0.3, 0.4) is 0 Å². The van der Waals surface area contributed by atoms with Crippen LogP contribution in [0, 0.1) is 0 Å². The third-order valence-electron chi connectivity index (χ3n) is 4.20. The summed E-state index contributed by atoms with van der Waals surface area (Å²) in [6.07, 6.45) is 5.31. The molecule has 2 rings (SSSR count). The average Bonchev–Trinajstić information content (AvgIpc) is 2.46. The first-order valence-corrected chi connectivity index (χ1v) is 7.83. The molecule has 106 valence electrons. The van der Waals surface area contributed by atoms with Crippen molar-refractivity contribution in [1.29, 1.82) is 0 Å². The van der Waals surface area contributed by atoms with E-state index in [-0.39, 0.29) is 0 Å². The van der Waals surface area contributed by atoms with Gasteiger partial charge >= 0.3 is 0 Å². The number of hydrogen-bond acceptors (Lipinski definition) is 2. The first kappa shape index (κ1) is 14.5. The summed E-state index contributed by atoms with van der Waals surface area (Å²) < 4.78 is 0. The molecule has 1 heterocycles. The molecule has 2 unspecified atom stereocenters. The van der Waals surface area contributed by atoms with Gasteiger partial charge in [0, 0.05) is 18.6 Å². The van der Waals surface area contributed by atoms with Crippen LogP contribution in [0.5, 0.6) is 0 Å². The van der Waals surface area contributed by atoms with Gasteiger partial charge in [0.05, 0.1) is 0 Å². The van der Waals surface area contributed by atoms with Crippen molar-refractivity contribution >= 4 is 0 Å². The van der Waals surface area contributed by atoms with Gasteiger partial charge in [0.25, 0.3) is 0 Å². The number of nitrogens with zero attached hydrogens (tertiary/aromatic N) is 1. The van der Waals surface area contributed by atoms with Crippen LogP contribution in [0.25, 0.3) is 0 Å². The van der Waals surface area contributed by atoms with E-state index in [1.165, 1.54) is 37.8 Å². The van der Waals surface area contributed by atoms with Crippen molar-refractivity contribution in [3.8, 4) is 0 Å². The molecule has 1 aromatic carbocycles. The highest BCUT2D eigenvalue weighted by atomic mass is 15.2. The SMILES string of the molecule is CCCNC(CN1CCCCC1C)c1ccccc1. The van der Waals surface area contributed by atoms with E-state index in [0.717, 1.165) is 19.1 Å². The fraction of sp³-hybridized carbons (Fsp3) is 0.647. The fourth-order valence-corrected chi connectivity index (χ4v) is 2.96. The number of likely N-dealkylation sites (tertiary alicyclic amines) is 1. The van der Waals surface area contributed by atoms with Gasteiger partial charge in [-0.25, -0.2) is 0 Å². The molecule has 0 spiro atoms. The summed E-state index contributed by atoms with van der Waals surface area (Å²) in [6, 6.07) is 12.1. The maximum absolute atomic E-state index is 3.71. The summed E-state index contributed by atoms with van der Waals surface area (Å²) in [7, 11) is 0. The Hall–Kier alpha value is -0.860. The van der Waals surface area contributed by atoms with E-state index in [1.54, 1.807) is 0 Å². The molecule has 0 amide bonds. The van der Waals surface area contributed by atoms with Crippen molar-refractivity contribution < 1.29 is 0 Å². The molecule has 0 radical (unpaired) electrons. The van der Waals surface area contributed by atoms with Crippen molar-refractivity contribution in [2.75, 3.05) is 19.6 Å². The third kappa shape index (κ3) is 4.32. The van der Waals surface area contributed by atoms with Crippen molar-refractivity contribution in [3.63, 3.8) is 0 Å². The van der Waals surface area contributed by atoms with Gasteiger partial charge < -0.3 is 5.32 Å². The standard InChI is InChI=1S/C17H28N2/c1-3-12-18-17(16-10-5-4-6-11-16)14-19-13-8-7-9-15(19)2/h4-6,10-11,15,17-18H,3,7-9,12-14H2,1-2H3. The Morgan fingerprint density at radius 1 is 1.26 bits per heavy atom. The van der Waals surface area contributed by atoms with E-state index in [1.807, 2.05) is 0 Å². The van der Waals surface area contributed by atoms with Gasteiger partial charge in [-0.15, -0.1) is 0 Å². The van der Waals surface area contributed by atoms with Crippen LogP contribution in [0.4, 0.5) is 0 Å². The second kappa shape index (κ2) is 7.66. The molecular weight excluding hydrogens is 232 g/mol. The van der Waals surface area contributed by atoms with Crippen LogP contribution < -0.4 is 5.32 Å². The van der Waals surface area contributed by atoms with Gasteiger partial charge in [-0.1, -0.05) is 43.7 Å². The van der Waals surface area contributed by atoms with E-state index in [2.05, 4.69) is 54.4 Å². The lowest BCUT2D eigenvalue weighted by Gasteiger charge is -2.36. The number of rotatable bonds is 6. The predicted molar refractivity (Wildman–Crippen MR) is 82.4 cm³/mol. The maximum atomic E-state index is 3.71. The Morgan fingerprint density at radius 2 is 2.05 bits per heavy atom. The number of piperidine rings is 1. The first-order chi connectivity index (χ1) is 9.31. The topological polar surface area (TPSA) is 15.3 Å².